The Balaban J connectivity index is 5.46. The standard InChI is InChI=1S/C16H27N5O8S2/c1-31-3-2-8(16(28)29)19-14(26)9(4-11(18)22)21-15(27)10(5-12(23)24)20-13(25)7(17)6-30/h7-10,30H,2-6,17H2,1H3,(H2,18,22)(H,19,26)(H,20,25)(H,21,27)(H,23,24)(H,28,29). The van der Waals surface area contributed by atoms with E-state index in [4.69, 9.17) is 16.6 Å². The number of carboxylic acid groups (broad SMARTS) is 2. The SMILES string of the molecule is CSCCC(NC(=O)C(CC(N)=O)NC(=O)C(CC(=O)O)NC(=O)C(N)CS)C(=O)O. The second-order valence-corrected chi connectivity index (χ2v) is 7.71. The van der Waals surface area contributed by atoms with E-state index in [0.717, 1.165) is 0 Å². The topological polar surface area (TPSA) is 231 Å². The van der Waals surface area contributed by atoms with Crippen LogP contribution in [-0.2, 0) is 28.8 Å². The summed E-state index contributed by atoms with van der Waals surface area (Å²) >= 11 is 5.19. The Hall–Kier alpha value is -2.52. The van der Waals surface area contributed by atoms with Crippen molar-refractivity contribution in [2.24, 2.45) is 11.5 Å². The molecule has 31 heavy (non-hydrogen) atoms. The van der Waals surface area contributed by atoms with Crippen molar-refractivity contribution >= 4 is 60.0 Å². The van der Waals surface area contributed by atoms with Crippen LogP contribution in [0.2, 0.25) is 0 Å². The Morgan fingerprint density at radius 2 is 1.39 bits per heavy atom. The predicted molar refractivity (Wildman–Crippen MR) is 114 cm³/mol. The van der Waals surface area contributed by atoms with Crippen LogP contribution < -0.4 is 27.4 Å². The van der Waals surface area contributed by atoms with Gasteiger partial charge in [-0.05, 0) is 18.4 Å². The minimum absolute atomic E-state index is 0.0768. The van der Waals surface area contributed by atoms with Crippen LogP contribution in [0, 0.1) is 0 Å². The third kappa shape index (κ3) is 11.4. The summed E-state index contributed by atoms with van der Waals surface area (Å²) in [7, 11) is 0. The molecular weight excluding hydrogens is 454 g/mol. The molecule has 4 unspecified atom stereocenters. The number of nitrogens with two attached hydrogens (primary N) is 2. The third-order valence-electron chi connectivity index (χ3n) is 3.81. The van der Waals surface area contributed by atoms with E-state index in [1.54, 1.807) is 6.26 Å². The molecule has 176 valence electrons. The van der Waals surface area contributed by atoms with Gasteiger partial charge >= 0.3 is 11.9 Å². The van der Waals surface area contributed by atoms with Crippen LogP contribution in [0.15, 0.2) is 0 Å². The van der Waals surface area contributed by atoms with Gasteiger partial charge in [0.2, 0.25) is 23.6 Å². The van der Waals surface area contributed by atoms with Crippen molar-refractivity contribution in [3.8, 4) is 0 Å². The molecule has 0 aromatic carbocycles. The zero-order valence-electron chi connectivity index (χ0n) is 16.7. The Kier molecular flexibility index (Phi) is 13.3. The highest BCUT2D eigenvalue weighted by Gasteiger charge is 2.32. The molecule has 0 saturated carbocycles. The van der Waals surface area contributed by atoms with Gasteiger partial charge in [0.25, 0.3) is 0 Å². The maximum absolute atomic E-state index is 12.5. The van der Waals surface area contributed by atoms with Crippen LogP contribution >= 0.6 is 24.4 Å². The van der Waals surface area contributed by atoms with E-state index in [9.17, 15) is 33.9 Å². The molecular formula is C16H27N5O8S2. The van der Waals surface area contributed by atoms with Crippen molar-refractivity contribution in [3.05, 3.63) is 0 Å². The van der Waals surface area contributed by atoms with Crippen LogP contribution in [0.5, 0.6) is 0 Å². The zero-order chi connectivity index (χ0) is 24.1. The summed E-state index contributed by atoms with van der Waals surface area (Å²) in [6.07, 6.45) is 0.301. The molecule has 0 rings (SSSR count). The quantitative estimate of drug-likeness (QED) is 0.110. The third-order valence-corrected chi connectivity index (χ3v) is 4.85. The molecule has 0 aromatic heterocycles. The van der Waals surface area contributed by atoms with E-state index in [-0.39, 0.29) is 12.2 Å². The lowest BCUT2D eigenvalue weighted by Gasteiger charge is -2.24. The summed E-state index contributed by atoms with van der Waals surface area (Å²) < 4.78 is 0. The molecule has 4 amide bonds. The van der Waals surface area contributed by atoms with Crippen LogP contribution in [0.4, 0.5) is 0 Å². The maximum Gasteiger partial charge on any atom is 0.326 e. The van der Waals surface area contributed by atoms with Crippen molar-refractivity contribution < 1.29 is 39.0 Å². The Morgan fingerprint density at radius 1 is 0.903 bits per heavy atom. The first-order valence-corrected chi connectivity index (χ1v) is 10.9. The first-order valence-electron chi connectivity index (χ1n) is 8.92. The summed E-state index contributed by atoms with van der Waals surface area (Å²) in [5.74, 6) is -6.34. The summed E-state index contributed by atoms with van der Waals surface area (Å²) in [5, 5.41) is 24.7. The molecule has 0 aromatic rings. The molecule has 0 heterocycles. The summed E-state index contributed by atoms with van der Waals surface area (Å²) in [5.41, 5.74) is 10.6. The van der Waals surface area contributed by atoms with Crippen molar-refractivity contribution in [1.82, 2.24) is 16.0 Å². The van der Waals surface area contributed by atoms with Gasteiger partial charge in [-0.2, -0.15) is 24.4 Å². The van der Waals surface area contributed by atoms with Crippen molar-refractivity contribution in [2.75, 3.05) is 17.8 Å². The molecule has 4 atom stereocenters. The number of carboxylic acids is 2. The van der Waals surface area contributed by atoms with Gasteiger partial charge in [-0.15, -0.1) is 0 Å². The summed E-state index contributed by atoms with van der Waals surface area (Å²) in [4.78, 5) is 70.6. The number of carbonyl (C=O) groups is 6. The largest absolute Gasteiger partial charge is 0.481 e. The molecule has 0 spiro atoms. The van der Waals surface area contributed by atoms with Crippen LogP contribution in [0.25, 0.3) is 0 Å². The number of thiol groups is 1. The first kappa shape index (κ1) is 28.5. The fourth-order valence-electron chi connectivity index (χ4n) is 2.19. The molecule has 0 aliphatic heterocycles. The number of thioether (sulfide) groups is 1. The number of hydrogen-bond donors (Lipinski definition) is 8. The number of nitrogens with one attached hydrogen (secondary N) is 3. The molecule has 15 heteroatoms. The number of primary amides is 1. The fourth-order valence-corrected chi connectivity index (χ4v) is 2.83. The van der Waals surface area contributed by atoms with Crippen molar-refractivity contribution in [3.63, 3.8) is 0 Å². The van der Waals surface area contributed by atoms with Crippen LogP contribution in [0.3, 0.4) is 0 Å². The van der Waals surface area contributed by atoms with E-state index in [1.165, 1.54) is 11.8 Å². The molecule has 0 aliphatic carbocycles. The lowest BCUT2D eigenvalue weighted by atomic mass is 10.1. The van der Waals surface area contributed by atoms with Crippen LogP contribution in [0.1, 0.15) is 19.3 Å². The van der Waals surface area contributed by atoms with Crippen molar-refractivity contribution in [1.29, 1.82) is 0 Å². The zero-order valence-corrected chi connectivity index (χ0v) is 18.4. The smallest absolute Gasteiger partial charge is 0.326 e. The molecule has 0 bridgehead atoms. The fraction of sp³-hybridized carbons (Fsp3) is 0.625. The minimum atomic E-state index is -1.62. The molecule has 13 nitrogen and oxygen atoms in total. The second-order valence-electron chi connectivity index (χ2n) is 6.36. The first-order chi connectivity index (χ1) is 14.4. The number of rotatable bonds is 15. The van der Waals surface area contributed by atoms with E-state index in [2.05, 4.69) is 28.6 Å². The molecule has 0 aliphatic rings. The molecule has 9 N–H and O–H groups in total. The number of aliphatic carboxylic acids is 2. The normalized spacial score (nSPS) is 14.4. The van der Waals surface area contributed by atoms with Crippen molar-refractivity contribution in [2.45, 2.75) is 43.4 Å². The highest BCUT2D eigenvalue weighted by Crippen LogP contribution is 2.04. The van der Waals surface area contributed by atoms with E-state index < -0.39 is 72.6 Å². The second kappa shape index (κ2) is 14.5. The van der Waals surface area contributed by atoms with Crippen LogP contribution in [-0.4, -0.2) is 87.7 Å². The predicted octanol–water partition coefficient (Wildman–Crippen LogP) is -3.11. The lowest BCUT2D eigenvalue weighted by Crippen LogP contribution is -2.58. The van der Waals surface area contributed by atoms with Gasteiger partial charge in [-0.3, -0.25) is 24.0 Å². The van der Waals surface area contributed by atoms with E-state index in [1.807, 2.05) is 0 Å². The number of amides is 4. The highest BCUT2D eigenvalue weighted by molar-refractivity contribution is 7.98. The lowest BCUT2D eigenvalue weighted by molar-refractivity contribution is -0.143. The van der Waals surface area contributed by atoms with Gasteiger partial charge in [-0.25, -0.2) is 4.79 Å². The Labute approximate surface area is 187 Å². The van der Waals surface area contributed by atoms with Gasteiger partial charge in [0.1, 0.15) is 18.1 Å². The number of carbonyl (C=O) groups excluding carboxylic acids is 4. The number of hydrogen-bond acceptors (Lipinski definition) is 9. The van der Waals surface area contributed by atoms with Gasteiger partial charge in [0, 0.05) is 5.75 Å². The minimum Gasteiger partial charge on any atom is -0.481 e. The summed E-state index contributed by atoms with van der Waals surface area (Å²) in [6, 6.07) is -5.61. The average Bonchev–Trinajstić information content (AvgIpc) is 2.67. The van der Waals surface area contributed by atoms with Gasteiger partial charge in [-0.1, -0.05) is 0 Å². The molecule has 0 fully saturated rings. The van der Waals surface area contributed by atoms with Gasteiger partial charge < -0.3 is 37.6 Å². The summed E-state index contributed by atoms with van der Waals surface area (Å²) in [6.45, 7) is 0. The Morgan fingerprint density at radius 3 is 1.81 bits per heavy atom. The molecule has 0 radical (unpaired) electrons. The molecule has 0 saturated heterocycles. The van der Waals surface area contributed by atoms with E-state index >= 15 is 0 Å². The maximum atomic E-state index is 12.5. The monoisotopic (exact) mass is 481 g/mol. The Bertz CT molecular complexity index is 693. The van der Waals surface area contributed by atoms with E-state index in [0.29, 0.717) is 5.75 Å². The van der Waals surface area contributed by atoms with Gasteiger partial charge in [0.05, 0.1) is 18.9 Å². The van der Waals surface area contributed by atoms with Gasteiger partial charge in [0.15, 0.2) is 0 Å². The highest BCUT2D eigenvalue weighted by atomic mass is 32.2. The average molecular weight is 482 g/mol.